The number of anilines is 1. The van der Waals surface area contributed by atoms with Crippen LogP contribution < -0.4 is 10.0 Å². The van der Waals surface area contributed by atoms with Crippen LogP contribution in [-0.4, -0.2) is 19.9 Å². The lowest BCUT2D eigenvalue weighted by atomic mass is 10.1. The molecule has 0 atom stereocenters. The van der Waals surface area contributed by atoms with Crippen molar-refractivity contribution in [1.82, 2.24) is 4.72 Å². The fourth-order valence-electron chi connectivity index (χ4n) is 2.33. The minimum absolute atomic E-state index is 0.360. The van der Waals surface area contributed by atoms with Crippen molar-refractivity contribution in [3.8, 4) is 0 Å². The maximum absolute atomic E-state index is 14.0. The Bertz CT molecular complexity index is 1040. The van der Waals surface area contributed by atoms with E-state index < -0.39 is 55.3 Å². The zero-order valence-electron chi connectivity index (χ0n) is 15.5. The van der Waals surface area contributed by atoms with E-state index in [2.05, 4.69) is 4.72 Å². The van der Waals surface area contributed by atoms with Crippen molar-refractivity contribution in [1.29, 1.82) is 0 Å². The second kappa shape index (κ2) is 7.71. The van der Waals surface area contributed by atoms with E-state index in [-0.39, 0.29) is 5.69 Å². The number of amides is 1. The highest BCUT2D eigenvalue weighted by Gasteiger charge is 2.34. The predicted octanol–water partition coefficient (Wildman–Crippen LogP) is 4.31. The largest absolute Gasteiger partial charge is 0.419 e. The number of hydrogen-bond acceptors (Lipinski definition) is 3. The first-order valence-electron chi connectivity index (χ1n) is 8.12. The molecule has 0 spiro atoms. The standard InChI is InChI=1S/C18H17F5N2O3S/c1-17(2,3)25-29(27,28)11-5-7-14(19)12(9-11)16(26)24-10-4-6-13(15(20)8-10)18(21,22)23/h4-9,25H,1-3H3,(H,24,26). The lowest BCUT2D eigenvalue weighted by molar-refractivity contribution is -0.139. The Morgan fingerprint density at radius 3 is 2.07 bits per heavy atom. The van der Waals surface area contributed by atoms with Gasteiger partial charge in [-0.3, -0.25) is 4.79 Å². The molecule has 1 amide bonds. The van der Waals surface area contributed by atoms with E-state index in [1.165, 1.54) is 0 Å². The molecule has 0 aromatic heterocycles. The number of nitrogens with one attached hydrogen (secondary N) is 2. The van der Waals surface area contributed by atoms with Crippen LogP contribution >= 0.6 is 0 Å². The zero-order valence-corrected chi connectivity index (χ0v) is 16.3. The number of carbonyl (C=O) groups is 1. The van der Waals surface area contributed by atoms with Crippen LogP contribution in [0.2, 0.25) is 0 Å². The van der Waals surface area contributed by atoms with Crippen LogP contribution in [0, 0.1) is 11.6 Å². The van der Waals surface area contributed by atoms with E-state index in [4.69, 9.17) is 0 Å². The number of hydrogen-bond donors (Lipinski definition) is 2. The zero-order chi connectivity index (χ0) is 22.2. The highest BCUT2D eigenvalue weighted by Crippen LogP contribution is 2.32. The monoisotopic (exact) mass is 436 g/mol. The molecule has 0 aliphatic carbocycles. The summed E-state index contributed by atoms with van der Waals surface area (Å²) in [6.07, 6.45) is -4.92. The van der Waals surface area contributed by atoms with Gasteiger partial charge in [0.25, 0.3) is 5.91 Å². The molecule has 2 rings (SSSR count). The van der Waals surface area contributed by atoms with Crippen molar-refractivity contribution in [2.75, 3.05) is 5.32 Å². The van der Waals surface area contributed by atoms with Gasteiger partial charge in [-0.05, 0) is 57.2 Å². The summed E-state index contributed by atoms with van der Waals surface area (Å²) in [5.74, 6) is -3.85. The smallest absolute Gasteiger partial charge is 0.322 e. The molecule has 0 bridgehead atoms. The van der Waals surface area contributed by atoms with Crippen molar-refractivity contribution >= 4 is 21.6 Å². The van der Waals surface area contributed by atoms with Crippen LogP contribution in [0.4, 0.5) is 27.6 Å². The maximum Gasteiger partial charge on any atom is 0.419 e. The van der Waals surface area contributed by atoms with Crippen LogP contribution in [0.5, 0.6) is 0 Å². The molecular weight excluding hydrogens is 419 g/mol. The van der Waals surface area contributed by atoms with Gasteiger partial charge in [0.2, 0.25) is 10.0 Å². The first-order chi connectivity index (χ1) is 13.1. The second-order valence-electron chi connectivity index (χ2n) is 7.14. The fourth-order valence-corrected chi connectivity index (χ4v) is 3.77. The van der Waals surface area contributed by atoms with Crippen LogP contribution in [0.3, 0.4) is 0 Å². The van der Waals surface area contributed by atoms with Crippen molar-refractivity contribution in [3.63, 3.8) is 0 Å². The number of alkyl halides is 3. The van der Waals surface area contributed by atoms with Gasteiger partial charge in [-0.1, -0.05) is 0 Å². The fraction of sp³-hybridized carbons (Fsp3) is 0.278. The Kier molecular flexibility index (Phi) is 6.05. The van der Waals surface area contributed by atoms with E-state index in [0.717, 1.165) is 24.3 Å². The van der Waals surface area contributed by atoms with Crippen LogP contribution in [0.1, 0.15) is 36.7 Å². The van der Waals surface area contributed by atoms with E-state index >= 15 is 0 Å². The average Bonchev–Trinajstić information content (AvgIpc) is 2.51. The number of carbonyl (C=O) groups excluding carboxylic acids is 1. The molecule has 0 saturated carbocycles. The topological polar surface area (TPSA) is 75.3 Å². The van der Waals surface area contributed by atoms with Crippen LogP contribution in [0.15, 0.2) is 41.3 Å². The quantitative estimate of drug-likeness (QED) is 0.702. The van der Waals surface area contributed by atoms with Crippen LogP contribution in [-0.2, 0) is 16.2 Å². The Hall–Kier alpha value is -2.53. The molecule has 5 nitrogen and oxygen atoms in total. The summed E-state index contributed by atoms with van der Waals surface area (Å²) in [6, 6.07) is 4.15. The molecule has 0 radical (unpaired) electrons. The molecule has 0 heterocycles. The van der Waals surface area contributed by atoms with E-state index in [1.54, 1.807) is 20.8 Å². The number of rotatable bonds is 4. The van der Waals surface area contributed by atoms with Crippen molar-refractivity contribution in [3.05, 3.63) is 59.2 Å². The molecule has 0 saturated heterocycles. The molecule has 2 aromatic rings. The van der Waals surface area contributed by atoms with E-state index in [9.17, 15) is 35.2 Å². The summed E-state index contributed by atoms with van der Waals surface area (Å²) in [5.41, 5.74) is -3.40. The van der Waals surface area contributed by atoms with Gasteiger partial charge in [-0.25, -0.2) is 21.9 Å². The maximum atomic E-state index is 14.0. The third-order valence-electron chi connectivity index (χ3n) is 3.47. The van der Waals surface area contributed by atoms with E-state index in [0.29, 0.717) is 12.1 Å². The van der Waals surface area contributed by atoms with Gasteiger partial charge < -0.3 is 5.32 Å². The van der Waals surface area contributed by atoms with E-state index in [1.807, 2.05) is 5.32 Å². The van der Waals surface area contributed by atoms with Crippen molar-refractivity contribution in [2.45, 2.75) is 37.4 Å². The second-order valence-corrected chi connectivity index (χ2v) is 8.83. The van der Waals surface area contributed by atoms with Gasteiger partial charge in [0.1, 0.15) is 11.6 Å². The van der Waals surface area contributed by atoms with Gasteiger partial charge in [-0.2, -0.15) is 13.2 Å². The summed E-state index contributed by atoms with van der Waals surface area (Å²) in [7, 11) is -4.07. The number of sulfonamides is 1. The lowest BCUT2D eigenvalue weighted by Crippen LogP contribution is -2.40. The summed E-state index contributed by atoms with van der Waals surface area (Å²) in [4.78, 5) is 11.9. The van der Waals surface area contributed by atoms with Crippen molar-refractivity contribution in [2.24, 2.45) is 0 Å². The average molecular weight is 436 g/mol. The number of halogens is 5. The molecule has 0 aliphatic heterocycles. The van der Waals surface area contributed by atoms with Gasteiger partial charge >= 0.3 is 6.18 Å². The summed E-state index contributed by atoms with van der Waals surface area (Å²) < 4.78 is 92.5. The number of benzene rings is 2. The Balaban J connectivity index is 2.33. The summed E-state index contributed by atoms with van der Waals surface area (Å²) in [6.45, 7) is 4.75. The normalized spacial score (nSPS) is 12.7. The highest BCUT2D eigenvalue weighted by atomic mass is 32.2. The molecule has 0 fully saturated rings. The van der Waals surface area contributed by atoms with Crippen LogP contribution in [0.25, 0.3) is 0 Å². The highest BCUT2D eigenvalue weighted by molar-refractivity contribution is 7.89. The third kappa shape index (κ3) is 5.73. The Morgan fingerprint density at radius 1 is 0.931 bits per heavy atom. The van der Waals surface area contributed by atoms with Gasteiger partial charge in [0.05, 0.1) is 16.0 Å². The first kappa shape index (κ1) is 22.8. The SMILES string of the molecule is CC(C)(C)NS(=O)(=O)c1ccc(F)c(C(=O)Nc2ccc(C(F)(F)F)c(F)c2)c1. The molecule has 2 N–H and O–H groups in total. The first-order valence-corrected chi connectivity index (χ1v) is 9.60. The molecule has 29 heavy (non-hydrogen) atoms. The summed E-state index contributed by atoms with van der Waals surface area (Å²) >= 11 is 0. The third-order valence-corrected chi connectivity index (χ3v) is 5.22. The molecule has 158 valence electrons. The molecule has 2 aromatic carbocycles. The van der Waals surface area contributed by atoms with Gasteiger partial charge in [0.15, 0.2) is 0 Å². The molecule has 0 aliphatic rings. The molecule has 0 unspecified atom stereocenters. The lowest BCUT2D eigenvalue weighted by Gasteiger charge is -2.20. The van der Waals surface area contributed by atoms with Gasteiger partial charge in [-0.15, -0.1) is 0 Å². The Labute approximate surface area is 164 Å². The van der Waals surface area contributed by atoms with Crippen molar-refractivity contribution < 1.29 is 35.2 Å². The van der Waals surface area contributed by atoms with Gasteiger partial charge in [0, 0.05) is 11.2 Å². The Morgan fingerprint density at radius 2 is 1.55 bits per heavy atom. The predicted molar refractivity (Wildman–Crippen MR) is 95.8 cm³/mol. The molecular formula is C18H17F5N2O3S. The minimum atomic E-state index is -4.92. The molecule has 11 heteroatoms. The minimum Gasteiger partial charge on any atom is -0.322 e. The summed E-state index contributed by atoms with van der Waals surface area (Å²) in [5, 5.41) is 2.04.